The van der Waals surface area contributed by atoms with Crippen molar-refractivity contribution in [3.63, 3.8) is 0 Å². The van der Waals surface area contributed by atoms with Crippen LogP contribution in [0.3, 0.4) is 0 Å². The van der Waals surface area contributed by atoms with Crippen LogP contribution in [-0.4, -0.2) is 15.0 Å². The lowest BCUT2D eigenvalue weighted by Gasteiger charge is -2.11. The predicted octanol–water partition coefficient (Wildman–Crippen LogP) is 5.04. The van der Waals surface area contributed by atoms with Crippen molar-refractivity contribution in [3.8, 4) is 11.3 Å². The second-order valence-corrected chi connectivity index (χ2v) is 6.24. The van der Waals surface area contributed by atoms with E-state index in [0.717, 1.165) is 17.0 Å². The van der Waals surface area contributed by atoms with E-state index in [4.69, 9.17) is 20.4 Å². The van der Waals surface area contributed by atoms with Crippen LogP contribution in [0.2, 0.25) is 5.02 Å². The number of rotatable bonds is 6. The van der Waals surface area contributed by atoms with E-state index in [1.165, 1.54) is 6.39 Å². The number of aromatic nitrogens is 3. The molecule has 0 amide bonds. The van der Waals surface area contributed by atoms with Gasteiger partial charge in [-0.05, 0) is 37.3 Å². The first kappa shape index (κ1) is 17.1. The van der Waals surface area contributed by atoms with Gasteiger partial charge in [-0.1, -0.05) is 11.6 Å². The zero-order chi connectivity index (χ0) is 18.6. The molecule has 4 rings (SSSR count). The molecule has 27 heavy (non-hydrogen) atoms. The van der Waals surface area contributed by atoms with Crippen LogP contribution in [0.1, 0.15) is 11.5 Å². The van der Waals surface area contributed by atoms with Crippen molar-refractivity contribution in [2.24, 2.45) is 0 Å². The minimum atomic E-state index is 0.438. The summed E-state index contributed by atoms with van der Waals surface area (Å²) in [5, 5.41) is 6.94. The molecule has 0 aliphatic heterocycles. The third-order valence-electron chi connectivity index (χ3n) is 3.81. The van der Waals surface area contributed by atoms with Crippen LogP contribution in [0.4, 0.5) is 17.5 Å². The number of halogens is 1. The lowest BCUT2D eigenvalue weighted by molar-refractivity contribution is 0.518. The Balaban J connectivity index is 1.56. The lowest BCUT2D eigenvalue weighted by Crippen LogP contribution is -2.05. The topological polar surface area (TPSA) is 89.0 Å². The van der Waals surface area contributed by atoms with E-state index in [1.54, 1.807) is 18.5 Å². The van der Waals surface area contributed by atoms with Crippen LogP contribution in [0.25, 0.3) is 11.3 Å². The molecule has 0 atom stereocenters. The number of aryl methyl sites for hydroxylation is 1. The third kappa shape index (κ3) is 4.09. The monoisotopic (exact) mass is 381 g/mol. The highest BCUT2D eigenvalue weighted by atomic mass is 35.5. The number of hydrogen-bond donors (Lipinski definition) is 2. The Hall–Kier alpha value is -3.32. The van der Waals surface area contributed by atoms with Gasteiger partial charge < -0.3 is 19.5 Å². The van der Waals surface area contributed by atoms with Gasteiger partial charge in [-0.15, -0.1) is 0 Å². The lowest BCUT2D eigenvalue weighted by atomic mass is 10.1. The molecule has 0 bridgehead atoms. The SMILES string of the molecule is Cc1cc(NCc2ccco2)nc(Nc2cc(-c3cnco3)ccc2Cl)n1. The van der Waals surface area contributed by atoms with Crippen molar-refractivity contribution in [3.05, 3.63) is 71.7 Å². The molecule has 0 fully saturated rings. The number of furan rings is 1. The zero-order valence-electron chi connectivity index (χ0n) is 14.4. The van der Waals surface area contributed by atoms with E-state index in [9.17, 15) is 0 Å². The Kier molecular flexibility index (Phi) is 4.76. The summed E-state index contributed by atoms with van der Waals surface area (Å²) in [6.07, 6.45) is 4.67. The summed E-state index contributed by atoms with van der Waals surface area (Å²) in [6.45, 7) is 2.43. The fraction of sp³-hybridized carbons (Fsp3) is 0.105. The van der Waals surface area contributed by atoms with Crippen LogP contribution >= 0.6 is 11.6 Å². The molecule has 0 radical (unpaired) electrons. The summed E-state index contributed by atoms with van der Waals surface area (Å²) in [6, 6.07) is 11.1. The number of anilines is 3. The summed E-state index contributed by atoms with van der Waals surface area (Å²) >= 11 is 6.32. The zero-order valence-corrected chi connectivity index (χ0v) is 15.2. The smallest absolute Gasteiger partial charge is 0.229 e. The van der Waals surface area contributed by atoms with Crippen LogP contribution in [0.5, 0.6) is 0 Å². The first-order valence-corrected chi connectivity index (χ1v) is 8.62. The molecule has 8 heteroatoms. The maximum absolute atomic E-state index is 6.32. The van der Waals surface area contributed by atoms with Gasteiger partial charge in [0.25, 0.3) is 0 Å². The standard InChI is InChI=1S/C19H16ClN5O2/c1-12-7-18(22-9-14-3-2-6-26-14)25-19(23-12)24-16-8-13(4-5-15(16)20)17-10-21-11-27-17/h2-8,10-11H,9H2,1H3,(H2,22,23,24,25). The highest BCUT2D eigenvalue weighted by molar-refractivity contribution is 6.33. The van der Waals surface area contributed by atoms with Gasteiger partial charge in [-0.25, -0.2) is 9.97 Å². The minimum absolute atomic E-state index is 0.438. The highest BCUT2D eigenvalue weighted by Gasteiger charge is 2.09. The number of nitrogens with zero attached hydrogens (tertiary/aromatic N) is 3. The minimum Gasteiger partial charge on any atom is -0.467 e. The molecular formula is C19H16ClN5O2. The Morgan fingerprint density at radius 3 is 2.81 bits per heavy atom. The third-order valence-corrected chi connectivity index (χ3v) is 4.14. The summed E-state index contributed by atoms with van der Waals surface area (Å²) in [5.74, 6) is 2.60. The normalized spacial score (nSPS) is 10.7. The molecule has 0 aliphatic rings. The van der Waals surface area contributed by atoms with Crippen molar-refractivity contribution < 1.29 is 8.83 Å². The first-order valence-electron chi connectivity index (χ1n) is 8.25. The van der Waals surface area contributed by atoms with Crippen molar-refractivity contribution in [1.82, 2.24) is 15.0 Å². The molecule has 2 N–H and O–H groups in total. The molecule has 3 aromatic heterocycles. The molecule has 0 saturated carbocycles. The van der Waals surface area contributed by atoms with Crippen LogP contribution in [0.15, 0.2) is 64.1 Å². The van der Waals surface area contributed by atoms with Crippen LogP contribution < -0.4 is 10.6 Å². The highest BCUT2D eigenvalue weighted by Crippen LogP contribution is 2.30. The summed E-state index contributed by atoms with van der Waals surface area (Å²) in [4.78, 5) is 12.9. The Morgan fingerprint density at radius 2 is 2.04 bits per heavy atom. The molecule has 136 valence electrons. The first-order chi connectivity index (χ1) is 13.2. The Labute approximate surface area is 160 Å². The number of oxazole rings is 1. The maximum Gasteiger partial charge on any atom is 0.229 e. The fourth-order valence-electron chi connectivity index (χ4n) is 2.56. The molecular weight excluding hydrogens is 366 g/mol. The Bertz CT molecular complexity index is 1030. The number of nitrogens with one attached hydrogen (secondary N) is 2. The van der Waals surface area contributed by atoms with Gasteiger partial charge in [-0.2, -0.15) is 4.98 Å². The van der Waals surface area contributed by atoms with Gasteiger partial charge in [0.2, 0.25) is 5.95 Å². The van der Waals surface area contributed by atoms with E-state index in [2.05, 4.69) is 25.6 Å². The van der Waals surface area contributed by atoms with E-state index in [0.29, 0.717) is 34.8 Å². The van der Waals surface area contributed by atoms with Crippen LogP contribution in [0, 0.1) is 6.92 Å². The van der Waals surface area contributed by atoms with Gasteiger partial charge in [-0.3, -0.25) is 0 Å². The predicted molar refractivity (Wildman–Crippen MR) is 103 cm³/mol. The number of hydrogen-bond acceptors (Lipinski definition) is 7. The van der Waals surface area contributed by atoms with E-state index in [-0.39, 0.29) is 0 Å². The molecule has 3 heterocycles. The van der Waals surface area contributed by atoms with Crippen molar-refractivity contribution in [1.29, 1.82) is 0 Å². The van der Waals surface area contributed by atoms with E-state index >= 15 is 0 Å². The Morgan fingerprint density at radius 1 is 1.11 bits per heavy atom. The summed E-state index contributed by atoms with van der Waals surface area (Å²) < 4.78 is 10.7. The van der Waals surface area contributed by atoms with Crippen LogP contribution in [-0.2, 0) is 6.54 Å². The largest absolute Gasteiger partial charge is 0.467 e. The maximum atomic E-state index is 6.32. The van der Waals surface area contributed by atoms with Gasteiger partial charge in [0.1, 0.15) is 11.6 Å². The van der Waals surface area contributed by atoms with Gasteiger partial charge in [0.15, 0.2) is 12.2 Å². The molecule has 0 spiro atoms. The summed E-state index contributed by atoms with van der Waals surface area (Å²) in [7, 11) is 0. The molecule has 4 aromatic rings. The number of benzene rings is 1. The van der Waals surface area contributed by atoms with Crippen molar-refractivity contribution >= 4 is 29.1 Å². The van der Waals surface area contributed by atoms with Gasteiger partial charge >= 0.3 is 0 Å². The molecule has 0 saturated heterocycles. The van der Waals surface area contributed by atoms with Crippen molar-refractivity contribution in [2.45, 2.75) is 13.5 Å². The molecule has 1 aromatic carbocycles. The second-order valence-electron chi connectivity index (χ2n) is 5.84. The quantitative estimate of drug-likeness (QED) is 0.483. The average Bonchev–Trinajstić information content (AvgIpc) is 3.35. The fourth-order valence-corrected chi connectivity index (χ4v) is 2.72. The molecule has 0 aliphatic carbocycles. The van der Waals surface area contributed by atoms with Crippen molar-refractivity contribution in [2.75, 3.05) is 10.6 Å². The van der Waals surface area contributed by atoms with Gasteiger partial charge in [0, 0.05) is 17.3 Å². The second kappa shape index (κ2) is 7.51. The van der Waals surface area contributed by atoms with E-state index < -0.39 is 0 Å². The molecule has 7 nitrogen and oxygen atoms in total. The average molecular weight is 382 g/mol. The van der Waals surface area contributed by atoms with E-state index in [1.807, 2.05) is 37.3 Å². The van der Waals surface area contributed by atoms with Gasteiger partial charge in [0.05, 0.1) is 29.7 Å². The molecule has 0 unspecified atom stereocenters. The summed E-state index contributed by atoms with van der Waals surface area (Å²) in [5.41, 5.74) is 2.34.